The third kappa shape index (κ3) is 4.94. The van der Waals surface area contributed by atoms with Gasteiger partial charge >= 0.3 is 0 Å². The number of carbonyl (C=O) groups excluding carboxylic acids is 1. The Labute approximate surface area is 120 Å². The largest absolute Gasteiger partial charge is 0.372 e. The maximum Gasteiger partial charge on any atom is 0.250 e. The molecule has 1 unspecified atom stereocenters. The highest BCUT2D eigenvalue weighted by molar-refractivity contribution is 5.92. The van der Waals surface area contributed by atoms with Gasteiger partial charge in [-0.2, -0.15) is 0 Å². The first-order valence-corrected chi connectivity index (χ1v) is 7.39. The van der Waals surface area contributed by atoms with Gasteiger partial charge in [0.1, 0.15) is 6.61 Å². The Hall–Kier alpha value is -1.39. The molecule has 2 N–H and O–H groups in total. The van der Waals surface area contributed by atoms with Gasteiger partial charge in [0.05, 0.1) is 0 Å². The number of benzene rings is 1. The molecule has 0 spiro atoms. The van der Waals surface area contributed by atoms with Crippen molar-refractivity contribution >= 4 is 11.6 Å². The molecule has 1 aromatic rings. The Morgan fingerprint density at radius 3 is 3.05 bits per heavy atom. The van der Waals surface area contributed by atoms with Crippen LogP contribution in [0.25, 0.3) is 0 Å². The van der Waals surface area contributed by atoms with Crippen molar-refractivity contribution in [2.75, 3.05) is 31.6 Å². The van der Waals surface area contributed by atoms with Gasteiger partial charge in [0, 0.05) is 12.3 Å². The molecule has 0 aromatic heterocycles. The van der Waals surface area contributed by atoms with Crippen molar-refractivity contribution in [2.24, 2.45) is 5.92 Å². The molecule has 1 saturated heterocycles. The van der Waals surface area contributed by atoms with Crippen molar-refractivity contribution in [1.82, 2.24) is 5.32 Å². The minimum Gasteiger partial charge on any atom is -0.372 e. The van der Waals surface area contributed by atoms with E-state index in [1.807, 2.05) is 31.2 Å². The van der Waals surface area contributed by atoms with Crippen LogP contribution in [0.3, 0.4) is 0 Å². The van der Waals surface area contributed by atoms with Crippen LogP contribution in [0, 0.1) is 12.8 Å². The molecule has 1 aromatic carbocycles. The zero-order valence-electron chi connectivity index (χ0n) is 12.2. The first-order valence-electron chi connectivity index (χ1n) is 7.39. The van der Waals surface area contributed by atoms with E-state index in [2.05, 4.69) is 10.6 Å². The minimum absolute atomic E-state index is 0.0823. The summed E-state index contributed by atoms with van der Waals surface area (Å²) in [6.07, 6.45) is 3.55. The summed E-state index contributed by atoms with van der Waals surface area (Å²) in [4.78, 5) is 11.8. The molecule has 1 aliphatic rings. The summed E-state index contributed by atoms with van der Waals surface area (Å²) in [7, 11) is 0. The Bertz CT molecular complexity index is 428. The van der Waals surface area contributed by atoms with Crippen molar-refractivity contribution < 1.29 is 9.53 Å². The summed E-state index contributed by atoms with van der Waals surface area (Å²) in [5, 5.41) is 6.26. The van der Waals surface area contributed by atoms with E-state index in [4.69, 9.17) is 4.74 Å². The highest BCUT2D eigenvalue weighted by Crippen LogP contribution is 2.14. The lowest BCUT2D eigenvalue weighted by molar-refractivity contribution is -0.120. The van der Waals surface area contributed by atoms with Gasteiger partial charge in [-0.15, -0.1) is 0 Å². The molecule has 4 nitrogen and oxygen atoms in total. The number of rotatable bonds is 6. The molecule has 110 valence electrons. The van der Waals surface area contributed by atoms with Gasteiger partial charge in [-0.25, -0.2) is 0 Å². The van der Waals surface area contributed by atoms with Crippen LogP contribution in [0.4, 0.5) is 5.69 Å². The number of hydrogen-bond donors (Lipinski definition) is 2. The number of nitrogens with one attached hydrogen (secondary N) is 2. The van der Waals surface area contributed by atoms with Gasteiger partial charge in [-0.1, -0.05) is 18.2 Å². The third-order valence-corrected chi connectivity index (χ3v) is 3.72. The van der Waals surface area contributed by atoms with Crippen LogP contribution < -0.4 is 10.6 Å². The van der Waals surface area contributed by atoms with Crippen molar-refractivity contribution in [3.63, 3.8) is 0 Å². The molecule has 1 atom stereocenters. The predicted octanol–water partition coefficient (Wildman–Crippen LogP) is 2.34. The van der Waals surface area contributed by atoms with E-state index >= 15 is 0 Å². The molecule has 0 saturated carbocycles. The number of para-hydroxylation sites is 1. The van der Waals surface area contributed by atoms with Crippen LogP contribution >= 0.6 is 0 Å². The van der Waals surface area contributed by atoms with E-state index < -0.39 is 0 Å². The van der Waals surface area contributed by atoms with Crippen LogP contribution in [0.15, 0.2) is 24.3 Å². The SMILES string of the molecule is Cc1ccccc1NC(=O)COCCC1CCCNC1. The van der Waals surface area contributed by atoms with E-state index in [9.17, 15) is 4.79 Å². The van der Waals surface area contributed by atoms with Crippen LogP contribution in [-0.2, 0) is 9.53 Å². The number of carbonyl (C=O) groups is 1. The zero-order chi connectivity index (χ0) is 14.2. The normalized spacial score (nSPS) is 18.8. The topological polar surface area (TPSA) is 50.4 Å². The van der Waals surface area contributed by atoms with E-state index in [1.165, 1.54) is 12.8 Å². The van der Waals surface area contributed by atoms with Gasteiger partial charge < -0.3 is 15.4 Å². The van der Waals surface area contributed by atoms with Gasteiger partial charge in [0.25, 0.3) is 0 Å². The molecule has 2 rings (SSSR count). The van der Waals surface area contributed by atoms with E-state index in [0.717, 1.165) is 30.8 Å². The number of amides is 1. The summed E-state index contributed by atoms with van der Waals surface area (Å²) in [6.45, 7) is 4.99. The fraction of sp³-hybridized carbons (Fsp3) is 0.562. The second-order valence-corrected chi connectivity index (χ2v) is 5.42. The van der Waals surface area contributed by atoms with Crippen LogP contribution in [0.2, 0.25) is 0 Å². The number of hydrogen-bond acceptors (Lipinski definition) is 3. The Kier molecular flexibility index (Phi) is 6.02. The highest BCUT2D eigenvalue weighted by atomic mass is 16.5. The van der Waals surface area contributed by atoms with Crippen LogP contribution in [0.5, 0.6) is 0 Å². The minimum atomic E-state index is -0.0823. The molecular weight excluding hydrogens is 252 g/mol. The molecule has 0 radical (unpaired) electrons. The summed E-state index contributed by atoms with van der Waals surface area (Å²) in [6, 6.07) is 7.76. The summed E-state index contributed by atoms with van der Waals surface area (Å²) >= 11 is 0. The average Bonchev–Trinajstić information content (AvgIpc) is 2.47. The van der Waals surface area contributed by atoms with Crippen molar-refractivity contribution in [3.8, 4) is 0 Å². The summed E-state index contributed by atoms with van der Waals surface area (Å²) in [5.74, 6) is 0.615. The van der Waals surface area contributed by atoms with Gasteiger partial charge in [0.15, 0.2) is 0 Å². The number of piperidine rings is 1. The Balaban J connectivity index is 1.61. The van der Waals surface area contributed by atoms with Crippen molar-refractivity contribution in [2.45, 2.75) is 26.2 Å². The third-order valence-electron chi connectivity index (χ3n) is 3.72. The molecular formula is C16H24N2O2. The fourth-order valence-corrected chi connectivity index (χ4v) is 2.48. The maximum atomic E-state index is 11.8. The summed E-state index contributed by atoms with van der Waals surface area (Å²) < 4.78 is 5.47. The average molecular weight is 276 g/mol. The van der Waals surface area contributed by atoms with Crippen molar-refractivity contribution in [1.29, 1.82) is 0 Å². The van der Waals surface area contributed by atoms with Crippen molar-refractivity contribution in [3.05, 3.63) is 29.8 Å². The standard InChI is InChI=1S/C16H24N2O2/c1-13-5-2-3-7-15(13)18-16(19)12-20-10-8-14-6-4-9-17-11-14/h2-3,5,7,14,17H,4,6,8-12H2,1H3,(H,18,19). The van der Waals surface area contributed by atoms with E-state index in [0.29, 0.717) is 12.5 Å². The lowest BCUT2D eigenvalue weighted by Crippen LogP contribution is -2.30. The number of aryl methyl sites for hydroxylation is 1. The molecule has 1 heterocycles. The lowest BCUT2D eigenvalue weighted by atomic mass is 9.97. The van der Waals surface area contributed by atoms with E-state index in [1.54, 1.807) is 0 Å². The molecule has 4 heteroatoms. The predicted molar refractivity (Wildman–Crippen MR) is 80.8 cm³/mol. The number of anilines is 1. The quantitative estimate of drug-likeness (QED) is 0.784. The second kappa shape index (κ2) is 8.02. The first kappa shape index (κ1) is 15.0. The second-order valence-electron chi connectivity index (χ2n) is 5.42. The monoisotopic (exact) mass is 276 g/mol. The molecule has 0 aliphatic carbocycles. The fourth-order valence-electron chi connectivity index (χ4n) is 2.48. The molecule has 1 amide bonds. The Morgan fingerprint density at radius 1 is 1.45 bits per heavy atom. The molecule has 0 bridgehead atoms. The van der Waals surface area contributed by atoms with Gasteiger partial charge in [-0.3, -0.25) is 4.79 Å². The molecule has 1 fully saturated rings. The van der Waals surface area contributed by atoms with Crippen LogP contribution in [0.1, 0.15) is 24.8 Å². The van der Waals surface area contributed by atoms with Gasteiger partial charge in [-0.05, 0) is 56.8 Å². The zero-order valence-corrected chi connectivity index (χ0v) is 12.2. The molecule has 20 heavy (non-hydrogen) atoms. The van der Waals surface area contributed by atoms with E-state index in [-0.39, 0.29) is 12.5 Å². The van der Waals surface area contributed by atoms with Gasteiger partial charge in [0.2, 0.25) is 5.91 Å². The number of ether oxygens (including phenoxy) is 1. The first-order chi connectivity index (χ1) is 9.75. The highest BCUT2D eigenvalue weighted by Gasteiger charge is 2.12. The molecule has 1 aliphatic heterocycles. The Morgan fingerprint density at radius 2 is 2.30 bits per heavy atom. The maximum absolute atomic E-state index is 11.8. The van der Waals surface area contributed by atoms with Crippen LogP contribution in [-0.4, -0.2) is 32.2 Å². The smallest absolute Gasteiger partial charge is 0.250 e. The summed E-state index contributed by atoms with van der Waals surface area (Å²) in [5.41, 5.74) is 1.92. The lowest BCUT2D eigenvalue weighted by Gasteiger charge is -2.22.